The first kappa shape index (κ1) is 22.5. The quantitative estimate of drug-likeness (QED) is 0.658. The molecule has 1 atom stereocenters. The van der Waals surface area contributed by atoms with Gasteiger partial charge in [-0.05, 0) is 37.2 Å². The molecule has 2 heterocycles. The van der Waals surface area contributed by atoms with E-state index in [2.05, 4.69) is 15.6 Å². The van der Waals surface area contributed by atoms with Crippen LogP contribution in [-0.2, 0) is 9.59 Å². The Morgan fingerprint density at radius 3 is 2.63 bits per heavy atom. The average molecular weight is 435 g/mol. The van der Waals surface area contributed by atoms with E-state index in [9.17, 15) is 14.4 Å². The number of carbonyl (C=O) groups excluding carboxylic acids is 3. The Morgan fingerprint density at radius 1 is 1.10 bits per heavy atom. The molecule has 1 unspecified atom stereocenters. The van der Waals surface area contributed by atoms with Crippen LogP contribution in [-0.4, -0.2) is 53.8 Å². The van der Waals surface area contributed by atoms with Gasteiger partial charge in [-0.2, -0.15) is 0 Å². The first-order valence-corrected chi connectivity index (χ1v) is 11.3. The van der Waals surface area contributed by atoms with E-state index in [-0.39, 0.29) is 30.2 Å². The Labute approximate surface area is 182 Å². The van der Waals surface area contributed by atoms with Crippen molar-refractivity contribution in [3.8, 4) is 0 Å². The summed E-state index contributed by atoms with van der Waals surface area (Å²) in [5.41, 5.74) is 0.399. The summed E-state index contributed by atoms with van der Waals surface area (Å²) in [6, 6.07) is 1.59. The fourth-order valence-electron chi connectivity index (χ4n) is 4.36. The molecule has 164 valence electrons. The molecule has 3 amide bonds. The van der Waals surface area contributed by atoms with Gasteiger partial charge in [0.2, 0.25) is 11.8 Å². The molecule has 0 radical (unpaired) electrons. The monoisotopic (exact) mass is 434 g/mol. The Kier molecular flexibility index (Phi) is 8.49. The van der Waals surface area contributed by atoms with Gasteiger partial charge in [-0.25, -0.2) is 0 Å². The van der Waals surface area contributed by atoms with E-state index in [0.717, 1.165) is 19.3 Å². The number of pyridine rings is 1. The van der Waals surface area contributed by atoms with Gasteiger partial charge in [0, 0.05) is 38.4 Å². The molecule has 1 saturated heterocycles. The van der Waals surface area contributed by atoms with Gasteiger partial charge in [-0.3, -0.25) is 19.4 Å². The van der Waals surface area contributed by atoms with Gasteiger partial charge < -0.3 is 15.5 Å². The summed E-state index contributed by atoms with van der Waals surface area (Å²) >= 11 is 6.01. The van der Waals surface area contributed by atoms with Crippen molar-refractivity contribution in [2.75, 3.05) is 26.2 Å². The van der Waals surface area contributed by atoms with Crippen LogP contribution in [0.2, 0.25) is 5.02 Å². The number of hydrogen-bond acceptors (Lipinski definition) is 4. The standard InChI is InChI=1S/C22H31ClN4O3/c23-19-13-24-10-9-18(19)22(30)26-12-17-6-3-11-27(15-17)21(29)14-25-20(28)8-7-16-4-1-2-5-16/h9-10,13,16-17H,1-8,11-12,14-15H2,(H,25,28)(H,26,30). The number of nitrogens with one attached hydrogen (secondary N) is 2. The van der Waals surface area contributed by atoms with Crippen LogP contribution in [0.25, 0.3) is 0 Å². The van der Waals surface area contributed by atoms with Crippen LogP contribution in [0.3, 0.4) is 0 Å². The minimum Gasteiger partial charge on any atom is -0.352 e. The van der Waals surface area contributed by atoms with Gasteiger partial charge >= 0.3 is 0 Å². The number of likely N-dealkylation sites (tertiary alicyclic amines) is 1. The van der Waals surface area contributed by atoms with Gasteiger partial charge in [0.25, 0.3) is 5.91 Å². The highest BCUT2D eigenvalue weighted by atomic mass is 35.5. The molecule has 2 aliphatic rings. The van der Waals surface area contributed by atoms with E-state index in [1.807, 2.05) is 0 Å². The zero-order chi connectivity index (χ0) is 21.3. The predicted octanol–water partition coefficient (Wildman–Crippen LogP) is 2.79. The third-order valence-electron chi connectivity index (χ3n) is 6.13. The Bertz CT molecular complexity index is 752. The van der Waals surface area contributed by atoms with Crippen molar-refractivity contribution in [3.05, 3.63) is 29.0 Å². The Morgan fingerprint density at radius 2 is 1.87 bits per heavy atom. The lowest BCUT2D eigenvalue weighted by Gasteiger charge is -2.33. The maximum absolute atomic E-state index is 12.5. The van der Waals surface area contributed by atoms with E-state index >= 15 is 0 Å². The van der Waals surface area contributed by atoms with Gasteiger partial charge in [-0.1, -0.05) is 37.3 Å². The zero-order valence-corrected chi connectivity index (χ0v) is 18.1. The smallest absolute Gasteiger partial charge is 0.252 e. The Hall–Kier alpha value is -2.15. The molecule has 1 aromatic heterocycles. The van der Waals surface area contributed by atoms with Gasteiger partial charge in [0.05, 0.1) is 17.1 Å². The second kappa shape index (κ2) is 11.3. The first-order valence-electron chi connectivity index (χ1n) is 10.9. The predicted molar refractivity (Wildman–Crippen MR) is 115 cm³/mol. The summed E-state index contributed by atoms with van der Waals surface area (Å²) < 4.78 is 0. The SMILES string of the molecule is O=C(CCC1CCCC1)NCC(=O)N1CCCC(CNC(=O)c2ccncc2Cl)C1. The van der Waals surface area contributed by atoms with Gasteiger partial charge in [0.1, 0.15) is 0 Å². The molecule has 8 heteroatoms. The van der Waals surface area contributed by atoms with Crippen molar-refractivity contribution in [2.24, 2.45) is 11.8 Å². The number of halogens is 1. The van der Waals surface area contributed by atoms with E-state index in [4.69, 9.17) is 11.6 Å². The van der Waals surface area contributed by atoms with Crippen molar-refractivity contribution < 1.29 is 14.4 Å². The largest absolute Gasteiger partial charge is 0.352 e. The molecule has 2 fully saturated rings. The molecule has 2 N–H and O–H groups in total. The average Bonchev–Trinajstić information content (AvgIpc) is 3.28. The van der Waals surface area contributed by atoms with Gasteiger partial charge in [0.15, 0.2) is 0 Å². The topological polar surface area (TPSA) is 91.4 Å². The first-order chi connectivity index (χ1) is 14.5. The summed E-state index contributed by atoms with van der Waals surface area (Å²) in [5, 5.41) is 6.00. The molecule has 1 aliphatic heterocycles. The van der Waals surface area contributed by atoms with Crippen molar-refractivity contribution in [1.29, 1.82) is 0 Å². The number of carbonyl (C=O) groups is 3. The zero-order valence-electron chi connectivity index (χ0n) is 17.4. The van der Waals surface area contributed by atoms with E-state index in [1.54, 1.807) is 11.0 Å². The molecule has 0 spiro atoms. The third kappa shape index (κ3) is 6.69. The number of rotatable bonds is 8. The maximum Gasteiger partial charge on any atom is 0.252 e. The van der Waals surface area contributed by atoms with Crippen molar-refractivity contribution >= 4 is 29.3 Å². The number of nitrogens with zero attached hydrogens (tertiary/aromatic N) is 2. The maximum atomic E-state index is 12.5. The minimum atomic E-state index is -0.236. The summed E-state index contributed by atoms with van der Waals surface area (Å²) in [5.74, 6) is 0.528. The lowest BCUT2D eigenvalue weighted by Crippen LogP contribution is -2.47. The van der Waals surface area contributed by atoms with Crippen LogP contribution in [0.5, 0.6) is 0 Å². The van der Waals surface area contributed by atoms with Crippen molar-refractivity contribution in [3.63, 3.8) is 0 Å². The molecule has 30 heavy (non-hydrogen) atoms. The highest BCUT2D eigenvalue weighted by Gasteiger charge is 2.25. The summed E-state index contributed by atoms with van der Waals surface area (Å²) in [6.07, 6.45) is 11.2. The van der Waals surface area contributed by atoms with Crippen LogP contribution in [0.15, 0.2) is 18.5 Å². The number of piperidine rings is 1. The number of amides is 3. The molecule has 0 aromatic carbocycles. The van der Waals surface area contributed by atoms with Crippen LogP contribution in [0.1, 0.15) is 61.7 Å². The van der Waals surface area contributed by atoms with Gasteiger partial charge in [-0.15, -0.1) is 0 Å². The van der Waals surface area contributed by atoms with Crippen LogP contribution in [0, 0.1) is 11.8 Å². The number of aromatic nitrogens is 1. The molecular formula is C22H31ClN4O3. The fraction of sp³-hybridized carbons (Fsp3) is 0.636. The highest BCUT2D eigenvalue weighted by Crippen LogP contribution is 2.28. The normalized spacial score (nSPS) is 19.5. The summed E-state index contributed by atoms with van der Waals surface area (Å²) in [7, 11) is 0. The molecule has 1 saturated carbocycles. The van der Waals surface area contributed by atoms with Crippen LogP contribution < -0.4 is 10.6 Å². The third-order valence-corrected chi connectivity index (χ3v) is 6.43. The highest BCUT2D eigenvalue weighted by molar-refractivity contribution is 6.33. The molecule has 1 aromatic rings. The fourth-order valence-corrected chi connectivity index (χ4v) is 4.56. The summed E-state index contributed by atoms with van der Waals surface area (Å²) in [6.45, 7) is 1.81. The molecular weight excluding hydrogens is 404 g/mol. The van der Waals surface area contributed by atoms with Crippen molar-refractivity contribution in [2.45, 2.75) is 51.4 Å². The lowest BCUT2D eigenvalue weighted by atomic mass is 9.97. The van der Waals surface area contributed by atoms with E-state index in [0.29, 0.717) is 42.6 Å². The van der Waals surface area contributed by atoms with Crippen molar-refractivity contribution in [1.82, 2.24) is 20.5 Å². The molecule has 7 nitrogen and oxygen atoms in total. The summed E-state index contributed by atoms with van der Waals surface area (Å²) in [4.78, 5) is 42.5. The van der Waals surface area contributed by atoms with E-state index < -0.39 is 0 Å². The Balaban J connectivity index is 1.37. The second-order valence-electron chi connectivity index (χ2n) is 8.38. The number of hydrogen-bond donors (Lipinski definition) is 2. The lowest BCUT2D eigenvalue weighted by molar-refractivity contribution is -0.134. The van der Waals surface area contributed by atoms with Crippen LogP contribution >= 0.6 is 11.6 Å². The van der Waals surface area contributed by atoms with Crippen LogP contribution in [0.4, 0.5) is 0 Å². The molecule has 3 rings (SSSR count). The minimum absolute atomic E-state index is 0.0368. The van der Waals surface area contributed by atoms with E-state index in [1.165, 1.54) is 38.1 Å². The molecule has 0 bridgehead atoms. The molecule has 1 aliphatic carbocycles. The second-order valence-corrected chi connectivity index (χ2v) is 8.79.